The number of carbonyl (C=O) groups is 2. The second-order valence-electron chi connectivity index (χ2n) is 7.85. The molecule has 1 aliphatic carbocycles. The highest BCUT2D eigenvalue weighted by Gasteiger charge is 2.42. The summed E-state index contributed by atoms with van der Waals surface area (Å²) in [6.45, 7) is 0.318. The summed E-state index contributed by atoms with van der Waals surface area (Å²) in [6.07, 6.45) is 4.64. The van der Waals surface area contributed by atoms with Gasteiger partial charge in [0.2, 0.25) is 5.91 Å². The average molecular weight is 443 g/mol. The van der Waals surface area contributed by atoms with Gasteiger partial charge in [0.05, 0.1) is 11.1 Å². The van der Waals surface area contributed by atoms with E-state index in [-0.39, 0.29) is 40.9 Å². The Kier molecular flexibility index (Phi) is 6.56. The smallest absolute Gasteiger partial charge is 0.289 e. The third-order valence-electron chi connectivity index (χ3n) is 5.74. The van der Waals surface area contributed by atoms with Crippen LogP contribution >= 0.6 is 11.6 Å². The van der Waals surface area contributed by atoms with E-state index in [0.29, 0.717) is 6.54 Å². The van der Waals surface area contributed by atoms with E-state index in [2.05, 4.69) is 5.32 Å². The molecule has 2 fully saturated rings. The number of hydrogen-bond acceptors (Lipinski definition) is 3. The van der Waals surface area contributed by atoms with Crippen LogP contribution in [0, 0.1) is 5.82 Å². The van der Waals surface area contributed by atoms with Gasteiger partial charge in [-0.15, -0.1) is 0 Å². The molecule has 0 aromatic heterocycles. The molecule has 1 saturated heterocycles. The number of hydrogen-bond donors (Lipinski definition) is 1. The summed E-state index contributed by atoms with van der Waals surface area (Å²) in [4.78, 5) is 27.4. The molecule has 2 atom stereocenters. The Morgan fingerprint density at radius 2 is 1.94 bits per heavy atom. The SMILES string of the molecule is O=C(CN1C(=O)/C(=C/c2c(F)cccc2Cl)OC2CCCCC21)NCc1ccccc1. The van der Waals surface area contributed by atoms with Crippen molar-refractivity contribution in [3.63, 3.8) is 0 Å². The average Bonchev–Trinajstić information content (AvgIpc) is 2.78. The molecule has 4 rings (SSSR count). The first-order valence-electron chi connectivity index (χ1n) is 10.5. The summed E-state index contributed by atoms with van der Waals surface area (Å²) >= 11 is 6.12. The van der Waals surface area contributed by atoms with Crippen LogP contribution in [-0.2, 0) is 20.9 Å². The van der Waals surface area contributed by atoms with Crippen LogP contribution in [0.1, 0.15) is 36.8 Å². The topological polar surface area (TPSA) is 58.6 Å². The van der Waals surface area contributed by atoms with Gasteiger partial charge < -0.3 is 15.0 Å². The number of nitrogens with zero attached hydrogens (tertiary/aromatic N) is 1. The van der Waals surface area contributed by atoms with E-state index in [1.54, 1.807) is 11.0 Å². The van der Waals surface area contributed by atoms with E-state index in [1.165, 1.54) is 18.2 Å². The summed E-state index contributed by atoms with van der Waals surface area (Å²) < 4.78 is 20.2. The Labute approximate surface area is 185 Å². The molecule has 1 heterocycles. The monoisotopic (exact) mass is 442 g/mol. The van der Waals surface area contributed by atoms with Gasteiger partial charge in [0.25, 0.3) is 5.91 Å². The number of carbonyl (C=O) groups excluding carboxylic acids is 2. The number of fused-ring (bicyclic) bond motifs is 1. The number of ether oxygens (including phenoxy) is 1. The van der Waals surface area contributed by atoms with Crippen molar-refractivity contribution >= 4 is 29.5 Å². The minimum Gasteiger partial charge on any atom is -0.482 e. The van der Waals surface area contributed by atoms with E-state index in [9.17, 15) is 14.0 Å². The van der Waals surface area contributed by atoms with Gasteiger partial charge in [-0.05, 0) is 43.0 Å². The van der Waals surface area contributed by atoms with E-state index in [1.807, 2.05) is 30.3 Å². The van der Waals surface area contributed by atoms with E-state index < -0.39 is 11.7 Å². The van der Waals surface area contributed by atoms with Crippen LogP contribution in [0.15, 0.2) is 54.3 Å². The molecule has 2 unspecified atom stereocenters. The Hall–Kier alpha value is -2.86. The van der Waals surface area contributed by atoms with Crippen molar-refractivity contribution in [3.8, 4) is 0 Å². The highest BCUT2D eigenvalue weighted by atomic mass is 35.5. The molecule has 0 radical (unpaired) electrons. The second kappa shape index (κ2) is 9.52. The lowest BCUT2D eigenvalue weighted by molar-refractivity contribution is -0.151. The number of amides is 2. The standard InChI is InChI=1S/C24H24ClFN2O3/c25-18-9-6-10-19(26)17(18)13-22-24(30)28(20-11-4-5-12-21(20)31-22)15-23(29)27-14-16-7-2-1-3-8-16/h1-3,6-10,13,20-21H,4-5,11-12,14-15H2,(H,27,29)/b22-13-. The lowest BCUT2D eigenvalue weighted by Gasteiger charge is -2.44. The summed E-state index contributed by atoms with van der Waals surface area (Å²) in [7, 11) is 0. The van der Waals surface area contributed by atoms with Gasteiger partial charge in [0.15, 0.2) is 5.76 Å². The molecule has 1 saturated carbocycles. The van der Waals surface area contributed by atoms with Gasteiger partial charge in [0.1, 0.15) is 18.5 Å². The predicted octanol–water partition coefficient (Wildman–Crippen LogP) is 4.31. The Bertz CT molecular complexity index is 975. The zero-order chi connectivity index (χ0) is 21.8. The molecule has 0 bridgehead atoms. The van der Waals surface area contributed by atoms with Crippen molar-refractivity contribution in [1.29, 1.82) is 0 Å². The fraction of sp³-hybridized carbons (Fsp3) is 0.333. The Morgan fingerprint density at radius 1 is 1.16 bits per heavy atom. The van der Waals surface area contributed by atoms with Gasteiger partial charge in [-0.2, -0.15) is 0 Å². The fourth-order valence-electron chi connectivity index (χ4n) is 4.15. The molecule has 2 amide bonds. The number of halogens is 2. The lowest BCUT2D eigenvalue weighted by atomic mass is 9.89. The van der Waals surface area contributed by atoms with Gasteiger partial charge in [0, 0.05) is 12.1 Å². The number of nitrogens with one attached hydrogen (secondary N) is 1. The number of rotatable bonds is 5. The zero-order valence-electron chi connectivity index (χ0n) is 17.0. The predicted molar refractivity (Wildman–Crippen MR) is 117 cm³/mol. The van der Waals surface area contributed by atoms with Crippen LogP contribution in [0.2, 0.25) is 5.02 Å². The van der Waals surface area contributed by atoms with Gasteiger partial charge in [-0.1, -0.05) is 54.4 Å². The molecule has 31 heavy (non-hydrogen) atoms. The van der Waals surface area contributed by atoms with Crippen molar-refractivity contribution in [2.75, 3.05) is 6.54 Å². The molecule has 1 N–H and O–H groups in total. The maximum Gasteiger partial charge on any atom is 0.289 e. The van der Waals surface area contributed by atoms with Crippen molar-refractivity contribution in [2.45, 2.75) is 44.4 Å². The highest BCUT2D eigenvalue weighted by Crippen LogP contribution is 2.34. The quantitative estimate of drug-likeness (QED) is 0.702. The van der Waals surface area contributed by atoms with Crippen LogP contribution in [0.25, 0.3) is 6.08 Å². The van der Waals surface area contributed by atoms with Crippen molar-refractivity contribution in [2.24, 2.45) is 0 Å². The number of morpholine rings is 1. The van der Waals surface area contributed by atoms with E-state index in [4.69, 9.17) is 16.3 Å². The van der Waals surface area contributed by atoms with Crippen molar-refractivity contribution in [1.82, 2.24) is 10.2 Å². The van der Waals surface area contributed by atoms with E-state index >= 15 is 0 Å². The van der Waals surface area contributed by atoms with Crippen LogP contribution in [0.3, 0.4) is 0 Å². The molecular weight excluding hydrogens is 419 g/mol. The minimum atomic E-state index is -0.533. The maximum atomic E-state index is 14.3. The maximum absolute atomic E-state index is 14.3. The summed E-state index contributed by atoms with van der Waals surface area (Å²) in [6, 6.07) is 13.8. The zero-order valence-corrected chi connectivity index (χ0v) is 17.8. The lowest BCUT2D eigenvalue weighted by Crippen LogP contribution is -2.57. The van der Waals surface area contributed by atoms with Crippen LogP contribution in [0.5, 0.6) is 0 Å². The molecule has 2 aromatic rings. The normalized spacial score (nSPS) is 22.1. The van der Waals surface area contributed by atoms with Crippen LogP contribution < -0.4 is 5.32 Å². The van der Waals surface area contributed by atoms with Gasteiger partial charge >= 0.3 is 0 Å². The molecule has 162 valence electrons. The first-order chi connectivity index (χ1) is 15.0. The molecule has 0 spiro atoms. The largest absolute Gasteiger partial charge is 0.482 e. The first-order valence-corrected chi connectivity index (χ1v) is 10.8. The summed E-state index contributed by atoms with van der Waals surface area (Å²) in [5, 5.41) is 3.07. The van der Waals surface area contributed by atoms with Crippen molar-refractivity contribution in [3.05, 3.63) is 76.3 Å². The summed E-state index contributed by atoms with van der Waals surface area (Å²) in [5.74, 6) is -1.18. The number of benzene rings is 2. The highest BCUT2D eigenvalue weighted by molar-refractivity contribution is 6.32. The Morgan fingerprint density at radius 3 is 2.71 bits per heavy atom. The molecule has 1 aliphatic heterocycles. The van der Waals surface area contributed by atoms with Gasteiger partial charge in [-0.25, -0.2) is 4.39 Å². The minimum absolute atomic E-state index is 0.0195. The van der Waals surface area contributed by atoms with Crippen molar-refractivity contribution < 1.29 is 18.7 Å². The third kappa shape index (κ3) is 4.90. The Balaban J connectivity index is 1.54. The van der Waals surface area contributed by atoms with Crippen LogP contribution in [-0.4, -0.2) is 35.4 Å². The third-order valence-corrected chi connectivity index (χ3v) is 6.07. The fourth-order valence-corrected chi connectivity index (χ4v) is 4.37. The second-order valence-corrected chi connectivity index (χ2v) is 8.25. The molecule has 2 aromatic carbocycles. The van der Waals surface area contributed by atoms with Gasteiger partial charge in [-0.3, -0.25) is 9.59 Å². The van der Waals surface area contributed by atoms with Crippen LogP contribution in [0.4, 0.5) is 4.39 Å². The molecule has 5 nitrogen and oxygen atoms in total. The van der Waals surface area contributed by atoms with E-state index in [0.717, 1.165) is 31.2 Å². The first kappa shape index (κ1) is 21.4. The molecule has 2 aliphatic rings. The molecular formula is C24H24ClFN2O3. The summed E-state index contributed by atoms with van der Waals surface area (Å²) in [5.41, 5.74) is 1.09. The molecule has 7 heteroatoms.